The summed E-state index contributed by atoms with van der Waals surface area (Å²) in [4.78, 5) is 11.3. The third kappa shape index (κ3) is 6.90. The van der Waals surface area contributed by atoms with Crippen molar-refractivity contribution in [2.45, 2.75) is 92.1 Å². The minimum absolute atomic E-state index is 0.159. The minimum atomic E-state index is -0.159. The third-order valence-corrected chi connectivity index (χ3v) is 5.96. The molecule has 0 unspecified atom stereocenters. The van der Waals surface area contributed by atoms with Crippen LogP contribution in [-0.4, -0.2) is 17.0 Å². The number of hydrogen-bond donors (Lipinski definition) is 1. The van der Waals surface area contributed by atoms with Crippen molar-refractivity contribution in [1.29, 1.82) is 0 Å². The molecular formula is C27H38O3. The van der Waals surface area contributed by atoms with Gasteiger partial charge in [0.2, 0.25) is 0 Å². The summed E-state index contributed by atoms with van der Waals surface area (Å²) < 4.78 is 6.38. The topological polar surface area (TPSA) is 46.5 Å². The maximum Gasteiger partial charge on any atom is 0.149 e. The first-order valence-electron chi connectivity index (χ1n) is 11.1. The summed E-state index contributed by atoms with van der Waals surface area (Å²) in [6.07, 6.45) is 12.2. The third-order valence-electron chi connectivity index (χ3n) is 5.96. The van der Waals surface area contributed by atoms with Gasteiger partial charge >= 0.3 is 0 Å². The van der Waals surface area contributed by atoms with E-state index in [0.717, 1.165) is 79.3 Å². The van der Waals surface area contributed by atoms with Crippen LogP contribution in [0.2, 0.25) is 0 Å². The molecule has 2 rings (SSSR count). The number of benzene rings is 1. The number of phenolic OH excluding ortho intramolecular Hbond substituents is 1. The Bertz CT molecular complexity index is 853. The lowest BCUT2D eigenvalue weighted by Crippen LogP contribution is -2.36. The number of aryl methyl sites for hydroxylation is 2. The van der Waals surface area contributed by atoms with Crippen LogP contribution in [0.25, 0.3) is 0 Å². The van der Waals surface area contributed by atoms with Gasteiger partial charge in [-0.05, 0) is 110 Å². The Labute approximate surface area is 182 Å². The SMILES string of the molecule is CC(C)=C/C(C=O)=C(\C)CCC/C(C)=C/CC[C@]1(C)CCc2cc(O)cc(C)c2O1. The molecule has 1 aromatic rings. The molecule has 0 aliphatic carbocycles. The van der Waals surface area contributed by atoms with E-state index in [-0.39, 0.29) is 5.60 Å². The fraction of sp³-hybridized carbons (Fsp3) is 0.519. The van der Waals surface area contributed by atoms with Gasteiger partial charge in [0.1, 0.15) is 23.4 Å². The van der Waals surface area contributed by atoms with E-state index in [1.54, 1.807) is 6.07 Å². The maximum atomic E-state index is 11.3. The second kappa shape index (κ2) is 10.7. The molecule has 1 aromatic carbocycles. The van der Waals surface area contributed by atoms with E-state index in [9.17, 15) is 9.90 Å². The fourth-order valence-corrected chi connectivity index (χ4v) is 4.10. The average molecular weight is 411 g/mol. The number of carbonyl (C=O) groups excluding carboxylic acids is 1. The number of carbonyl (C=O) groups is 1. The minimum Gasteiger partial charge on any atom is -0.508 e. The van der Waals surface area contributed by atoms with Crippen LogP contribution >= 0.6 is 0 Å². The van der Waals surface area contributed by atoms with Crippen LogP contribution in [0.5, 0.6) is 11.5 Å². The molecule has 0 radical (unpaired) electrons. The highest BCUT2D eigenvalue weighted by molar-refractivity contribution is 5.78. The van der Waals surface area contributed by atoms with Crippen molar-refractivity contribution in [1.82, 2.24) is 0 Å². The Balaban J connectivity index is 1.86. The zero-order valence-corrected chi connectivity index (χ0v) is 19.6. The molecule has 3 heteroatoms. The number of hydrogen-bond acceptors (Lipinski definition) is 3. The lowest BCUT2D eigenvalue weighted by atomic mass is 9.87. The number of aromatic hydroxyl groups is 1. The van der Waals surface area contributed by atoms with E-state index in [1.807, 2.05) is 32.9 Å². The number of aldehydes is 1. The predicted molar refractivity (Wildman–Crippen MR) is 125 cm³/mol. The number of ether oxygens (including phenoxy) is 1. The zero-order chi connectivity index (χ0) is 22.3. The molecule has 0 amide bonds. The Kier molecular flexibility index (Phi) is 8.52. The van der Waals surface area contributed by atoms with Gasteiger partial charge in [0.05, 0.1) is 0 Å². The summed E-state index contributed by atoms with van der Waals surface area (Å²) >= 11 is 0. The Morgan fingerprint density at radius 2 is 1.93 bits per heavy atom. The summed E-state index contributed by atoms with van der Waals surface area (Å²) in [7, 11) is 0. The molecule has 164 valence electrons. The van der Waals surface area contributed by atoms with Crippen LogP contribution in [0.15, 0.2) is 46.6 Å². The van der Waals surface area contributed by atoms with Gasteiger partial charge in [0.25, 0.3) is 0 Å². The molecule has 0 spiro atoms. The monoisotopic (exact) mass is 410 g/mol. The van der Waals surface area contributed by atoms with Crippen molar-refractivity contribution in [3.63, 3.8) is 0 Å². The summed E-state index contributed by atoms with van der Waals surface area (Å²) in [5.74, 6) is 1.27. The van der Waals surface area contributed by atoms with Gasteiger partial charge in [0.15, 0.2) is 0 Å². The molecule has 0 saturated carbocycles. The molecule has 1 atom stereocenters. The summed E-state index contributed by atoms with van der Waals surface area (Å²) in [5, 5.41) is 9.80. The first kappa shape index (κ1) is 24.0. The van der Waals surface area contributed by atoms with Gasteiger partial charge in [0, 0.05) is 5.57 Å². The number of phenols is 1. The van der Waals surface area contributed by atoms with Crippen molar-refractivity contribution in [2.75, 3.05) is 0 Å². The highest BCUT2D eigenvalue weighted by Gasteiger charge is 2.31. The fourth-order valence-electron chi connectivity index (χ4n) is 4.10. The lowest BCUT2D eigenvalue weighted by molar-refractivity contribution is -0.104. The van der Waals surface area contributed by atoms with Crippen molar-refractivity contribution >= 4 is 6.29 Å². The largest absolute Gasteiger partial charge is 0.508 e. The van der Waals surface area contributed by atoms with Crippen LogP contribution in [0, 0.1) is 6.92 Å². The smallest absolute Gasteiger partial charge is 0.149 e. The Morgan fingerprint density at radius 1 is 1.20 bits per heavy atom. The van der Waals surface area contributed by atoms with Crippen LogP contribution in [0.4, 0.5) is 0 Å². The quantitative estimate of drug-likeness (QED) is 0.203. The molecule has 0 saturated heterocycles. The molecule has 0 aromatic heterocycles. The molecule has 1 aliphatic rings. The molecule has 0 bridgehead atoms. The van der Waals surface area contributed by atoms with Crippen LogP contribution in [-0.2, 0) is 11.2 Å². The molecule has 0 fully saturated rings. The maximum absolute atomic E-state index is 11.3. The predicted octanol–water partition coefficient (Wildman–Crippen LogP) is 7.16. The highest BCUT2D eigenvalue weighted by Crippen LogP contribution is 2.39. The van der Waals surface area contributed by atoms with Gasteiger partial charge in [-0.1, -0.05) is 28.9 Å². The molecule has 30 heavy (non-hydrogen) atoms. The van der Waals surface area contributed by atoms with Gasteiger partial charge < -0.3 is 9.84 Å². The van der Waals surface area contributed by atoms with E-state index in [2.05, 4.69) is 26.8 Å². The second-order valence-electron chi connectivity index (χ2n) is 9.32. The van der Waals surface area contributed by atoms with Crippen molar-refractivity contribution in [2.24, 2.45) is 0 Å². The molecule has 1 aliphatic heterocycles. The van der Waals surface area contributed by atoms with Crippen molar-refractivity contribution < 1.29 is 14.6 Å². The second-order valence-corrected chi connectivity index (χ2v) is 9.32. The van der Waals surface area contributed by atoms with Gasteiger partial charge in [-0.2, -0.15) is 0 Å². The first-order valence-corrected chi connectivity index (χ1v) is 11.1. The Hall–Kier alpha value is -2.29. The molecule has 3 nitrogen and oxygen atoms in total. The van der Waals surface area contributed by atoms with E-state index in [1.165, 1.54) is 11.1 Å². The van der Waals surface area contributed by atoms with E-state index in [0.29, 0.717) is 5.75 Å². The standard InChI is InChI=1S/C27H38O3/c1-19(2)15-24(18-28)21(4)11-7-9-20(3)10-8-13-27(6)14-12-23-17-25(29)16-22(5)26(23)30-27/h10,15-18,29H,7-9,11-14H2,1-6H3/b20-10+,24-21-/t27-/m1/s1. The zero-order valence-electron chi connectivity index (χ0n) is 19.6. The van der Waals surface area contributed by atoms with Crippen LogP contribution < -0.4 is 4.74 Å². The number of fused-ring (bicyclic) bond motifs is 1. The lowest BCUT2D eigenvalue weighted by Gasteiger charge is -2.36. The Morgan fingerprint density at radius 3 is 2.60 bits per heavy atom. The van der Waals surface area contributed by atoms with E-state index >= 15 is 0 Å². The highest BCUT2D eigenvalue weighted by atomic mass is 16.5. The van der Waals surface area contributed by atoms with E-state index < -0.39 is 0 Å². The van der Waals surface area contributed by atoms with E-state index in [4.69, 9.17) is 4.74 Å². The molecule has 1 heterocycles. The summed E-state index contributed by atoms with van der Waals surface area (Å²) in [5.41, 5.74) is 6.51. The normalized spacial score (nSPS) is 19.5. The van der Waals surface area contributed by atoms with Crippen LogP contribution in [0.3, 0.4) is 0 Å². The molecule has 1 N–H and O–H groups in total. The average Bonchev–Trinajstić information content (AvgIpc) is 2.66. The summed E-state index contributed by atoms with van der Waals surface area (Å²) in [6, 6.07) is 3.61. The molecular weight excluding hydrogens is 372 g/mol. The summed E-state index contributed by atoms with van der Waals surface area (Å²) in [6.45, 7) is 12.5. The number of rotatable bonds is 9. The van der Waals surface area contributed by atoms with Gasteiger partial charge in [-0.15, -0.1) is 0 Å². The van der Waals surface area contributed by atoms with Gasteiger partial charge in [-0.3, -0.25) is 4.79 Å². The number of allylic oxidation sites excluding steroid dienone is 6. The first-order chi connectivity index (χ1) is 14.1. The van der Waals surface area contributed by atoms with Gasteiger partial charge in [-0.25, -0.2) is 0 Å². The van der Waals surface area contributed by atoms with Crippen molar-refractivity contribution in [3.05, 3.63) is 57.7 Å². The van der Waals surface area contributed by atoms with Crippen LogP contribution in [0.1, 0.15) is 84.3 Å². The van der Waals surface area contributed by atoms with Crippen molar-refractivity contribution in [3.8, 4) is 11.5 Å².